The summed E-state index contributed by atoms with van der Waals surface area (Å²) in [5.41, 5.74) is 1.13. The van der Waals surface area contributed by atoms with Gasteiger partial charge in [-0.1, -0.05) is 18.2 Å². The van der Waals surface area contributed by atoms with Gasteiger partial charge >= 0.3 is 0 Å². The van der Waals surface area contributed by atoms with E-state index in [1.165, 1.54) is 0 Å². The van der Waals surface area contributed by atoms with Crippen LogP contribution in [0.15, 0.2) is 24.3 Å². The molecule has 0 fully saturated rings. The van der Waals surface area contributed by atoms with E-state index in [4.69, 9.17) is 9.47 Å². The number of fused-ring (bicyclic) bond motifs is 1. The highest BCUT2D eigenvalue weighted by Crippen LogP contribution is 2.34. The second-order valence-corrected chi connectivity index (χ2v) is 4.90. The number of nitrogens with zero attached hydrogens (tertiary/aromatic N) is 4. The first-order valence-corrected chi connectivity index (χ1v) is 7.08. The largest absolute Gasteiger partial charge is 0.493 e. The van der Waals surface area contributed by atoms with Gasteiger partial charge in [0.05, 0.1) is 25.8 Å². The van der Waals surface area contributed by atoms with Crippen LogP contribution in [0.3, 0.4) is 0 Å². The molecule has 0 saturated carbocycles. The Bertz CT molecular complexity index is 586. The van der Waals surface area contributed by atoms with Gasteiger partial charge in [0, 0.05) is 25.6 Å². The zero-order valence-electron chi connectivity index (χ0n) is 12.0. The standard InChI is InChI=1S/C14H19N5O2/c1-20-9-7-15-10-14-16-17-18-19(14)12-6-8-21-13-5-3-2-4-11(12)13/h2-5,12,15H,6-10H2,1H3. The molecule has 0 amide bonds. The third-order valence-corrected chi connectivity index (χ3v) is 3.55. The Labute approximate surface area is 123 Å². The molecule has 21 heavy (non-hydrogen) atoms. The van der Waals surface area contributed by atoms with Crippen molar-refractivity contribution < 1.29 is 9.47 Å². The van der Waals surface area contributed by atoms with Gasteiger partial charge in [-0.25, -0.2) is 4.68 Å². The Morgan fingerprint density at radius 3 is 3.24 bits per heavy atom. The van der Waals surface area contributed by atoms with E-state index in [2.05, 4.69) is 26.9 Å². The Balaban J connectivity index is 1.77. The monoisotopic (exact) mass is 289 g/mol. The summed E-state index contributed by atoms with van der Waals surface area (Å²) in [6.45, 7) is 2.74. The number of hydrogen-bond donors (Lipinski definition) is 1. The van der Waals surface area contributed by atoms with Crippen LogP contribution >= 0.6 is 0 Å². The van der Waals surface area contributed by atoms with Gasteiger partial charge in [0.15, 0.2) is 5.82 Å². The number of methoxy groups -OCH3 is 1. The molecular formula is C14H19N5O2. The average Bonchev–Trinajstić information content (AvgIpc) is 2.99. The number of para-hydroxylation sites is 1. The molecule has 1 unspecified atom stereocenters. The van der Waals surface area contributed by atoms with Gasteiger partial charge in [-0.05, 0) is 16.5 Å². The van der Waals surface area contributed by atoms with Crippen LogP contribution in [-0.2, 0) is 11.3 Å². The van der Waals surface area contributed by atoms with Crippen LogP contribution in [0.2, 0.25) is 0 Å². The number of aromatic nitrogens is 4. The van der Waals surface area contributed by atoms with Crippen molar-refractivity contribution in [1.82, 2.24) is 25.5 Å². The fourth-order valence-corrected chi connectivity index (χ4v) is 2.52. The molecule has 1 aromatic heterocycles. The molecule has 7 heteroatoms. The molecule has 7 nitrogen and oxygen atoms in total. The average molecular weight is 289 g/mol. The molecule has 1 aromatic carbocycles. The summed E-state index contributed by atoms with van der Waals surface area (Å²) in [6, 6.07) is 8.19. The van der Waals surface area contributed by atoms with Crippen LogP contribution in [0.25, 0.3) is 0 Å². The summed E-state index contributed by atoms with van der Waals surface area (Å²) >= 11 is 0. The Morgan fingerprint density at radius 2 is 2.33 bits per heavy atom. The van der Waals surface area contributed by atoms with Gasteiger partial charge < -0.3 is 14.8 Å². The lowest BCUT2D eigenvalue weighted by atomic mass is 10.0. The number of rotatable bonds is 6. The normalized spacial score (nSPS) is 17.3. The molecule has 0 saturated heterocycles. The number of hydrogen-bond acceptors (Lipinski definition) is 6. The maximum absolute atomic E-state index is 5.69. The van der Waals surface area contributed by atoms with E-state index in [1.54, 1.807) is 7.11 Å². The summed E-state index contributed by atoms with van der Waals surface area (Å²) in [7, 11) is 1.69. The smallest absolute Gasteiger partial charge is 0.165 e. The molecule has 0 aliphatic carbocycles. The first-order chi connectivity index (χ1) is 10.4. The number of tetrazole rings is 1. The van der Waals surface area contributed by atoms with Gasteiger partial charge in [0.1, 0.15) is 5.75 Å². The topological polar surface area (TPSA) is 74.1 Å². The van der Waals surface area contributed by atoms with Crippen molar-refractivity contribution in [3.05, 3.63) is 35.7 Å². The molecule has 2 aromatic rings. The van der Waals surface area contributed by atoms with Crippen molar-refractivity contribution >= 4 is 0 Å². The molecular weight excluding hydrogens is 270 g/mol. The van der Waals surface area contributed by atoms with Crippen LogP contribution < -0.4 is 10.1 Å². The lowest BCUT2D eigenvalue weighted by molar-refractivity contribution is 0.198. The fraction of sp³-hybridized carbons (Fsp3) is 0.500. The summed E-state index contributed by atoms with van der Waals surface area (Å²) < 4.78 is 12.6. The minimum absolute atomic E-state index is 0.129. The fourth-order valence-electron chi connectivity index (χ4n) is 2.52. The van der Waals surface area contributed by atoms with Crippen LogP contribution in [0, 0.1) is 0 Å². The van der Waals surface area contributed by atoms with E-state index in [0.29, 0.717) is 19.8 Å². The highest BCUT2D eigenvalue weighted by atomic mass is 16.5. The van der Waals surface area contributed by atoms with Gasteiger partial charge in [-0.2, -0.15) is 0 Å². The summed E-state index contributed by atoms with van der Waals surface area (Å²) in [5, 5.41) is 15.4. The quantitative estimate of drug-likeness (QED) is 0.792. The third-order valence-electron chi connectivity index (χ3n) is 3.55. The highest BCUT2D eigenvalue weighted by Gasteiger charge is 2.25. The predicted molar refractivity (Wildman–Crippen MR) is 76.1 cm³/mol. The van der Waals surface area contributed by atoms with Crippen LogP contribution in [0.5, 0.6) is 5.75 Å². The molecule has 112 valence electrons. The second kappa shape index (κ2) is 6.64. The van der Waals surface area contributed by atoms with Crippen LogP contribution in [0.1, 0.15) is 23.9 Å². The maximum Gasteiger partial charge on any atom is 0.165 e. The first-order valence-electron chi connectivity index (χ1n) is 7.08. The maximum atomic E-state index is 5.69. The predicted octanol–water partition coefficient (Wildman–Crippen LogP) is 0.781. The molecule has 0 bridgehead atoms. The van der Waals surface area contributed by atoms with Crippen molar-refractivity contribution in [2.75, 3.05) is 26.9 Å². The van der Waals surface area contributed by atoms with E-state index in [-0.39, 0.29) is 6.04 Å². The van der Waals surface area contributed by atoms with E-state index in [0.717, 1.165) is 30.1 Å². The molecule has 1 aliphatic heterocycles. The minimum Gasteiger partial charge on any atom is -0.493 e. The van der Waals surface area contributed by atoms with Gasteiger partial charge in [-0.3, -0.25) is 0 Å². The van der Waals surface area contributed by atoms with Crippen LogP contribution in [0.4, 0.5) is 0 Å². The first kappa shape index (κ1) is 14.0. The minimum atomic E-state index is 0.129. The SMILES string of the molecule is COCCNCc1nnnn1C1CCOc2ccccc21. The van der Waals surface area contributed by atoms with Crippen molar-refractivity contribution in [1.29, 1.82) is 0 Å². The summed E-state index contributed by atoms with van der Waals surface area (Å²) in [6.07, 6.45) is 0.868. The van der Waals surface area contributed by atoms with Gasteiger partial charge in [0.2, 0.25) is 0 Å². The van der Waals surface area contributed by atoms with Crippen molar-refractivity contribution in [3.8, 4) is 5.75 Å². The summed E-state index contributed by atoms with van der Waals surface area (Å²) in [5.74, 6) is 1.75. The Kier molecular flexibility index (Phi) is 4.42. The zero-order valence-corrected chi connectivity index (χ0v) is 12.0. The lowest BCUT2D eigenvalue weighted by Crippen LogP contribution is -2.26. The van der Waals surface area contributed by atoms with Gasteiger partial charge in [0.25, 0.3) is 0 Å². The second-order valence-electron chi connectivity index (χ2n) is 4.90. The van der Waals surface area contributed by atoms with Crippen molar-refractivity contribution in [3.63, 3.8) is 0 Å². The van der Waals surface area contributed by atoms with Crippen molar-refractivity contribution in [2.24, 2.45) is 0 Å². The number of nitrogens with one attached hydrogen (secondary N) is 1. The zero-order chi connectivity index (χ0) is 14.5. The van der Waals surface area contributed by atoms with Crippen LogP contribution in [-0.4, -0.2) is 47.1 Å². The third kappa shape index (κ3) is 3.03. The number of benzene rings is 1. The number of ether oxygens (including phenoxy) is 2. The molecule has 2 heterocycles. The van der Waals surface area contributed by atoms with E-state index >= 15 is 0 Å². The van der Waals surface area contributed by atoms with Crippen molar-refractivity contribution in [2.45, 2.75) is 19.0 Å². The van der Waals surface area contributed by atoms with E-state index < -0.39 is 0 Å². The summed E-state index contributed by atoms with van der Waals surface area (Å²) in [4.78, 5) is 0. The van der Waals surface area contributed by atoms with E-state index in [9.17, 15) is 0 Å². The molecule has 1 N–H and O–H groups in total. The molecule has 1 aliphatic rings. The highest BCUT2D eigenvalue weighted by molar-refractivity contribution is 5.37. The Morgan fingerprint density at radius 1 is 1.43 bits per heavy atom. The van der Waals surface area contributed by atoms with Gasteiger partial charge in [-0.15, -0.1) is 5.10 Å². The van der Waals surface area contributed by atoms with E-state index in [1.807, 2.05) is 22.9 Å². The molecule has 0 radical (unpaired) electrons. The lowest BCUT2D eigenvalue weighted by Gasteiger charge is -2.26. The molecule has 1 atom stereocenters. The Hall–Kier alpha value is -1.99. The molecule has 3 rings (SSSR count). The molecule has 0 spiro atoms.